The molecule has 30 heavy (non-hydrogen) atoms. The molecule has 0 atom stereocenters. The maximum absolute atomic E-state index is 13.0. The number of carbonyl (C=O) groups excluding carboxylic acids is 2. The van der Waals surface area contributed by atoms with Crippen LogP contribution in [-0.4, -0.2) is 32.1 Å². The first-order valence-electron chi connectivity index (χ1n) is 11.0. The average Bonchev–Trinajstić information content (AvgIpc) is 3.47. The lowest BCUT2D eigenvalue weighted by Crippen LogP contribution is -2.25. The van der Waals surface area contributed by atoms with E-state index in [2.05, 4.69) is 27.8 Å². The Kier molecular flexibility index (Phi) is 6.76. The summed E-state index contributed by atoms with van der Waals surface area (Å²) in [4.78, 5) is 27.0. The molecule has 0 aromatic carbocycles. The van der Waals surface area contributed by atoms with Crippen LogP contribution >= 0.6 is 11.3 Å². The highest BCUT2D eigenvalue weighted by Crippen LogP contribution is 2.40. The molecule has 2 aliphatic carbocycles. The summed E-state index contributed by atoms with van der Waals surface area (Å²) in [6, 6.07) is 0. The molecule has 8 nitrogen and oxygen atoms in total. The van der Waals surface area contributed by atoms with Gasteiger partial charge in [-0.1, -0.05) is 32.6 Å². The van der Waals surface area contributed by atoms with Crippen molar-refractivity contribution in [2.24, 2.45) is 5.92 Å². The number of anilines is 1. The Morgan fingerprint density at radius 1 is 1.20 bits per heavy atom. The third-order valence-corrected chi connectivity index (χ3v) is 7.21. The molecule has 2 aliphatic rings. The fourth-order valence-electron chi connectivity index (χ4n) is 4.30. The molecule has 0 bridgehead atoms. The molecule has 0 saturated heterocycles. The highest BCUT2D eigenvalue weighted by atomic mass is 32.1. The Bertz CT molecular complexity index is 901. The number of ether oxygens (including phenoxy) is 1. The molecular weight excluding hydrogens is 402 g/mol. The second-order valence-corrected chi connectivity index (χ2v) is 9.24. The maximum atomic E-state index is 13.0. The van der Waals surface area contributed by atoms with Gasteiger partial charge in [0.15, 0.2) is 12.4 Å². The molecule has 0 radical (unpaired) electrons. The number of nitrogens with one attached hydrogen (secondary N) is 1. The van der Waals surface area contributed by atoms with Gasteiger partial charge in [-0.05, 0) is 54.5 Å². The molecule has 0 unspecified atom stereocenters. The summed E-state index contributed by atoms with van der Waals surface area (Å²) in [6.45, 7) is 2.83. The highest BCUT2D eigenvalue weighted by molar-refractivity contribution is 7.17. The molecule has 9 heteroatoms. The number of tetrazole rings is 1. The largest absolute Gasteiger partial charge is 0.454 e. The van der Waals surface area contributed by atoms with E-state index < -0.39 is 5.97 Å². The van der Waals surface area contributed by atoms with Gasteiger partial charge in [0.25, 0.3) is 0 Å². The number of hydrogen-bond donors (Lipinski definition) is 1. The van der Waals surface area contributed by atoms with Crippen molar-refractivity contribution in [1.82, 2.24) is 20.2 Å². The van der Waals surface area contributed by atoms with Gasteiger partial charge in [0.2, 0.25) is 5.91 Å². The van der Waals surface area contributed by atoms with Gasteiger partial charge in [0.05, 0.1) is 5.56 Å². The summed E-state index contributed by atoms with van der Waals surface area (Å²) in [7, 11) is 0. The molecule has 0 aliphatic heterocycles. The second-order valence-electron chi connectivity index (χ2n) is 8.13. The first-order valence-corrected chi connectivity index (χ1v) is 11.9. The van der Waals surface area contributed by atoms with Crippen LogP contribution in [0, 0.1) is 5.92 Å². The molecule has 2 heterocycles. The van der Waals surface area contributed by atoms with Crippen molar-refractivity contribution in [2.75, 3.05) is 5.32 Å². The molecule has 2 aromatic heterocycles. The van der Waals surface area contributed by atoms with Crippen LogP contribution in [0.15, 0.2) is 0 Å². The average molecular weight is 432 g/mol. The van der Waals surface area contributed by atoms with E-state index >= 15 is 0 Å². The second kappa shape index (κ2) is 9.68. The number of carbonyl (C=O) groups is 2. The Morgan fingerprint density at radius 3 is 2.83 bits per heavy atom. The summed E-state index contributed by atoms with van der Waals surface area (Å²) in [5.74, 6) is 0.213. The fourth-order valence-corrected chi connectivity index (χ4v) is 5.58. The lowest BCUT2D eigenvalue weighted by molar-refractivity contribution is -0.120. The van der Waals surface area contributed by atoms with Gasteiger partial charge in [-0.3, -0.25) is 4.79 Å². The number of rotatable bonds is 8. The third-order valence-electron chi connectivity index (χ3n) is 6.00. The molecule has 1 amide bonds. The van der Waals surface area contributed by atoms with E-state index in [-0.39, 0.29) is 18.4 Å². The van der Waals surface area contributed by atoms with Crippen LogP contribution in [0.2, 0.25) is 0 Å². The van der Waals surface area contributed by atoms with E-state index in [1.165, 1.54) is 22.6 Å². The summed E-state index contributed by atoms with van der Waals surface area (Å²) in [6.07, 6.45) is 10.1. The Labute approximate surface area is 180 Å². The van der Waals surface area contributed by atoms with Crippen molar-refractivity contribution >= 4 is 28.2 Å². The first kappa shape index (κ1) is 21.0. The van der Waals surface area contributed by atoms with Crippen molar-refractivity contribution in [1.29, 1.82) is 0 Å². The van der Waals surface area contributed by atoms with E-state index in [0.29, 0.717) is 22.9 Å². The lowest BCUT2D eigenvalue weighted by atomic mass is 9.89. The zero-order valence-corrected chi connectivity index (χ0v) is 18.3. The zero-order chi connectivity index (χ0) is 20.9. The maximum Gasteiger partial charge on any atom is 0.341 e. The Hall–Kier alpha value is -2.29. The van der Waals surface area contributed by atoms with Crippen LogP contribution in [0.3, 0.4) is 0 Å². The van der Waals surface area contributed by atoms with Crippen molar-refractivity contribution in [2.45, 2.75) is 84.3 Å². The van der Waals surface area contributed by atoms with Crippen molar-refractivity contribution < 1.29 is 14.3 Å². The van der Waals surface area contributed by atoms with Crippen molar-refractivity contribution in [3.05, 3.63) is 21.8 Å². The number of aryl methyl sites for hydroxylation is 2. The van der Waals surface area contributed by atoms with Crippen LogP contribution in [-0.2, 0) is 35.5 Å². The normalized spacial score (nSPS) is 16.4. The molecule has 4 rings (SSSR count). The number of aromatic nitrogens is 4. The molecule has 1 saturated carbocycles. The van der Waals surface area contributed by atoms with E-state index in [4.69, 9.17) is 4.74 Å². The number of nitrogens with zero attached hydrogens (tertiary/aromatic N) is 4. The van der Waals surface area contributed by atoms with Gasteiger partial charge in [-0.15, -0.1) is 16.4 Å². The minimum Gasteiger partial charge on any atom is -0.454 e. The monoisotopic (exact) mass is 431 g/mol. The van der Waals surface area contributed by atoms with Gasteiger partial charge >= 0.3 is 5.97 Å². The number of thiophene rings is 1. The molecule has 162 valence electrons. The standard InChI is InChI=1S/C21H29N5O3S/c1-2-3-12-26-17(23-24-25-26)13-29-21(28)18-15-10-7-11-16(15)30-20(18)22-19(27)14-8-5-4-6-9-14/h14H,2-13H2,1H3,(H,22,27). The van der Waals surface area contributed by atoms with Crippen LogP contribution in [0.25, 0.3) is 0 Å². The van der Waals surface area contributed by atoms with Gasteiger partial charge in [-0.2, -0.15) is 0 Å². The smallest absolute Gasteiger partial charge is 0.341 e. The van der Waals surface area contributed by atoms with Gasteiger partial charge in [0, 0.05) is 17.3 Å². The van der Waals surface area contributed by atoms with E-state index in [1.54, 1.807) is 4.68 Å². The van der Waals surface area contributed by atoms with Crippen molar-refractivity contribution in [3.8, 4) is 0 Å². The summed E-state index contributed by atoms with van der Waals surface area (Å²) < 4.78 is 7.28. The quantitative estimate of drug-likeness (QED) is 0.637. The SMILES string of the molecule is CCCCn1nnnc1COC(=O)c1c(NC(=O)C2CCCCC2)sc2c1CCC2. The van der Waals surface area contributed by atoms with Crippen LogP contribution < -0.4 is 5.32 Å². The third kappa shape index (κ3) is 4.55. The van der Waals surface area contributed by atoms with Crippen LogP contribution in [0.5, 0.6) is 0 Å². The number of amides is 1. The van der Waals surface area contributed by atoms with E-state index in [9.17, 15) is 9.59 Å². The van der Waals surface area contributed by atoms with Gasteiger partial charge in [-0.25, -0.2) is 9.48 Å². The fraction of sp³-hybridized carbons (Fsp3) is 0.667. The Morgan fingerprint density at radius 2 is 2.03 bits per heavy atom. The molecule has 0 spiro atoms. The van der Waals surface area contributed by atoms with E-state index in [1.807, 2.05) is 0 Å². The topological polar surface area (TPSA) is 99.0 Å². The van der Waals surface area contributed by atoms with Gasteiger partial charge < -0.3 is 10.1 Å². The summed E-state index contributed by atoms with van der Waals surface area (Å²) in [5.41, 5.74) is 1.57. The lowest BCUT2D eigenvalue weighted by Gasteiger charge is -2.20. The molecule has 1 N–H and O–H groups in total. The molecular formula is C21H29N5O3S. The predicted octanol–water partition coefficient (Wildman–Crippen LogP) is 3.90. The van der Waals surface area contributed by atoms with Crippen LogP contribution in [0.1, 0.15) is 84.9 Å². The summed E-state index contributed by atoms with van der Waals surface area (Å²) in [5, 5.41) is 15.4. The van der Waals surface area contributed by atoms with E-state index in [0.717, 1.165) is 63.4 Å². The predicted molar refractivity (Wildman–Crippen MR) is 113 cm³/mol. The van der Waals surface area contributed by atoms with Crippen LogP contribution in [0.4, 0.5) is 5.00 Å². The minimum atomic E-state index is -0.404. The number of unbranched alkanes of at least 4 members (excludes halogenated alkanes) is 1. The van der Waals surface area contributed by atoms with Gasteiger partial charge in [0.1, 0.15) is 5.00 Å². The molecule has 1 fully saturated rings. The Balaban J connectivity index is 1.47. The number of hydrogen-bond acceptors (Lipinski definition) is 7. The minimum absolute atomic E-state index is 0.0240. The highest BCUT2D eigenvalue weighted by Gasteiger charge is 2.30. The first-order chi connectivity index (χ1) is 14.7. The summed E-state index contributed by atoms with van der Waals surface area (Å²) >= 11 is 1.53. The zero-order valence-electron chi connectivity index (χ0n) is 17.5. The number of esters is 1. The molecule has 2 aromatic rings. The van der Waals surface area contributed by atoms with Crippen molar-refractivity contribution in [3.63, 3.8) is 0 Å². The number of fused-ring (bicyclic) bond motifs is 1.